The maximum Gasteiger partial charge on any atom is 0.226 e. The molecule has 0 aliphatic carbocycles. The van der Waals surface area contributed by atoms with E-state index in [0.29, 0.717) is 5.91 Å². The lowest BCUT2D eigenvalue weighted by molar-refractivity contribution is -0.136. The number of piperidine rings is 1. The van der Waals surface area contributed by atoms with E-state index in [-0.39, 0.29) is 5.92 Å². The molecule has 0 spiro atoms. The van der Waals surface area contributed by atoms with Gasteiger partial charge in [-0.3, -0.25) is 4.79 Å². The molecule has 0 aromatic heterocycles. The van der Waals surface area contributed by atoms with E-state index in [2.05, 4.69) is 16.7 Å². The Morgan fingerprint density at radius 1 is 0.870 bits per heavy atom. The highest BCUT2D eigenvalue weighted by molar-refractivity contribution is 5.79. The van der Waals surface area contributed by atoms with Crippen molar-refractivity contribution in [3.05, 3.63) is 0 Å². The Labute approximate surface area is 143 Å². The summed E-state index contributed by atoms with van der Waals surface area (Å²) in [6, 6.07) is 0. The van der Waals surface area contributed by atoms with Crippen molar-refractivity contribution in [3.8, 4) is 0 Å². The van der Waals surface area contributed by atoms with E-state index in [4.69, 9.17) is 0 Å². The molecular weight excluding hydrogens is 284 g/mol. The van der Waals surface area contributed by atoms with Gasteiger partial charge in [0.1, 0.15) is 0 Å². The van der Waals surface area contributed by atoms with Gasteiger partial charge in [0, 0.05) is 19.6 Å². The van der Waals surface area contributed by atoms with Crippen LogP contribution < -0.4 is 0 Å². The van der Waals surface area contributed by atoms with E-state index in [0.717, 1.165) is 26.1 Å². The fourth-order valence-corrected chi connectivity index (χ4v) is 4.13. The molecule has 0 N–H and O–H groups in total. The molecule has 0 aromatic carbocycles. The monoisotopic (exact) mass is 322 g/mol. The Morgan fingerprint density at radius 2 is 1.52 bits per heavy atom. The van der Waals surface area contributed by atoms with Gasteiger partial charge >= 0.3 is 0 Å². The quantitative estimate of drug-likeness (QED) is 0.554. The summed E-state index contributed by atoms with van der Waals surface area (Å²) in [5, 5.41) is 0. The van der Waals surface area contributed by atoms with Crippen LogP contribution in [-0.4, -0.2) is 48.4 Å². The van der Waals surface area contributed by atoms with Crippen molar-refractivity contribution >= 4 is 5.91 Å². The third kappa shape index (κ3) is 6.82. The van der Waals surface area contributed by atoms with Crippen molar-refractivity contribution in [2.45, 2.75) is 84.0 Å². The first-order valence-corrected chi connectivity index (χ1v) is 10.3. The van der Waals surface area contributed by atoms with Crippen molar-refractivity contribution in [3.63, 3.8) is 0 Å². The van der Waals surface area contributed by atoms with Gasteiger partial charge < -0.3 is 9.80 Å². The topological polar surface area (TPSA) is 23.6 Å². The van der Waals surface area contributed by atoms with E-state index in [1.54, 1.807) is 0 Å². The molecule has 134 valence electrons. The van der Waals surface area contributed by atoms with Gasteiger partial charge in [-0.15, -0.1) is 0 Å². The van der Waals surface area contributed by atoms with E-state index in [9.17, 15) is 4.79 Å². The van der Waals surface area contributed by atoms with Crippen molar-refractivity contribution in [1.82, 2.24) is 9.80 Å². The van der Waals surface area contributed by atoms with Crippen LogP contribution in [0.1, 0.15) is 84.0 Å². The molecule has 2 saturated heterocycles. The molecule has 1 amide bonds. The minimum Gasteiger partial charge on any atom is -0.342 e. The van der Waals surface area contributed by atoms with Crippen LogP contribution in [0.5, 0.6) is 0 Å². The van der Waals surface area contributed by atoms with Crippen LogP contribution in [0.15, 0.2) is 0 Å². The van der Waals surface area contributed by atoms with Crippen molar-refractivity contribution in [2.75, 3.05) is 32.7 Å². The second-order valence-electron chi connectivity index (χ2n) is 7.65. The highest BCUT2D eigenvalue weighted by Gasteiger charge is 2.30. The zero-order valence-corrected chi connectivity index (χ0v) is 15.4. The Bertz CT molecular complexity index is 326. The highest BCUT2D eigenvalue weighted by Crippen LogP contribution is 2.21. The zero-order chi connectivity index (χ0) is 16.3. The number of rotatable bonds is 10. The SMILES string of the molecule is CCCCCCCCCCN1CCC[C@@H](C(=O)N2CCCC2)C1. The number of hydrogen-bond acceptors (Lipinski definition) is 2. The lowest BCUT2D eigenvalue weighted by Crippen LogP contribution is -2.44. The second kappa shape index (κ2) is 11.1. The number of carbonyl (C=O) groups excluding carboxylic acids is 1. The molecule has 2 aliphatic rings. The van der Waals surface area contributed by atoms with Crippen LogP contribution in [0, 0.1) is 5.92 Å². The molecule has 2 heterocycles. The predicted octanol–water partition coefficient (Wildman–Crippen LogP) is 4.46. The normalized spacial score (nSPS) is 22.7. The molecule has 0 radical (unpaired) electrons. The highest BCUT2D eigenvalue weighted by atomic mass is 16.2. The maximum atomic E-state index is 12.5. The predicted molar refractivity (Wildman–Crippen MR) is 97.6 cm³/mol. The van der Waals surface area contributed by atoms with Crippen molar-refractivity contribution < 1.29 is 4.79 Å². The number of amides is 1. The van der Waals surface area contributed by atoms with Crippen molar-refractivity contribution in [1.29, 1.82) is 0 Å². The van der Waals surface area contributed by atoms with Crippen LogP contribution >= 0.6 is 0 Å². The molecule has 3 nitrogen and oxygen atoms in total. The van der Waals surface area contributed by atoms with Gasteiger partial charge in [-0.25, -0.2) is 0 Å². The third-order valence-corrected chi connectivity index (χ3v) is 5.60. The van der Waals surface area contributed by atoms with E-state index in [1.165, 1.54) is 83.7 Å². The third-order valence-electron chi connectivity index (χ3n) is 5.60. The summed E-state index contributed by atoms with van der Waals surface area (Å²) in [6.07, 6.45) is 15.8. The summed E-state index contributed by atoms with van der Waals surface area (Å²) < 4.78 is 0. The lowest BCUT2D eigenvalue weighted by atomic mass is 9.96. The molecule has 2 fully saturated rings. The number of nitrogens with zero attached hydrogens (tertiary/aromatic N) is 2. The minimum absolute atomic E-state index is 0.288. The van der Waals surface area contributed by atoms with Crippen LogP contribution in [0.4, 0.5) is 0 Å². The second-order valence-corrected chi connectivity index (χ2v) is 7.65. The average molecular weight is 323 g/mol. The molecule has 0 bridgehead atoms. The first-order valence-electron chi connectivity index (χ1n) is 10.3. The fraction of sp³-hybridized carbons (Fsp3) is 0.950. The van der Waals surface area contributed by atoms with Gasteiger partial charge in [0.15, 0.2) is 0 Å². The molecule has 2 aliphatic heterocycles. The van der Waals surface area contributed by atoms with Crippen LogP contribution in [0.3, 0.4) is 0 Å². The maximum absolute atomic E-state index is 12.5. The van der Waals surface area contributed by atoms with Crippen LogP contribution in [0.2, 0.25) is 0 Å². The van der Waals surface area contributed by atoms with Gasteiger partial charge in [0.25, 0.3) is 0 Å². The molecule has 0 aromatic rings. The van der Waals surface area contributed by atoms with Gasteiger partial charge in [0.2, 0.25) is 5.91 Å². The summed E-state index contributed by atoms with van der Waals surface area (Å²) in [5.41, 5.74) is 0. The van der Waals surface area contributed by atoms with E-state index in [1.807, 2.05) is 0 Å². The van der Waals surface area contributed by atoms with E-state index < -0.39 is 0 Å². The Balaban J connectivity index is 1.54. The van der Waals surface area contributed by atoms with Crippen LogP contribution in [0.25, 0.3) is 0 Å². The first-order chi connectivity index (χ1) is 11.3. The molecule has 1 atom stereocenters. The largest absolute Gasteiger partial charge is 0.342 e. The Kier molecular flexibility index (Phi) is 9.03. The zero-order valence-electron chi connectivity index (χ0n) is 15.4. The molecular formula is C20H38N2O. The standard InChI is InChI=1S/C20H38N2O/c1-2-3-4-5-6-7-8-9-14-21-15-12-13-19(18-21)20(23)22-16-10-11-17-22/h19H,2-18H2,1H3/t19-/m1/s1. The summed E-state index contributed by atoms with van der Waals surface area (Å²) in [7, 11) is 0. The summed E-state index contributed by atoms with van der Waals surface area (Å²) in [4.78, 5) is 17.2. The molecule has 3 heteroatoms. The molecule has 0 unspecified atom stereocenters. The van der Waals surface area contributed by atoms with Crippen molar-refractivity contribution in [2.24, 2.45) is 5.92 Å². The molecule has 2 rings (SSSR count). The van der Waals surface area contributed by atoms with Gasteiger partial charge in [-0.1, -0.05) is 51.9 Å². The Hall–Kier alpha value is -0.570. The summed E-state index contributed by atoms with van der Waals surface area (Å²) in [5.74, 6) is 0.735. The molecule has 0 saturated carbocycles. The number of unbranched alkanes of at least 4 members (excludes halogenated alkanes) is 7. The molecule has 23 heavy (non-hydrogen) atoms. The van der Waals surface area contributed by atoms with Gasteiger partial charge in [-0.05, 0) is 45.2 Å². The Morgan fingerprint density at radius 3 is 2.22 bits per heavy atom. The summed E-state index contributed by atoms with van der Waals surface area (Å²) >= 11 is 0. The van der Waals surface area contributed by atoms with Crippen LogP contribution in [-0.2, 0) is 4.79 Å². The number of hydrogen-bond donors (Lipinski definition) is 0. The minimum atomic E-state index is 0.288. The van der Waals surface area contributed by atoms with Gasteiger partial charge in [0.05, 0.1) is 5.92 Å². The summed E-state index contributed by atoms with van der Waals surface area (Å²) in [6.45, 7) is 7.73. The number of likely N-dealkylation sites (tertiary alicyclic amines) is 2. The van der Waals surface area contributed by atoms with Gasteiger partial charge in [-0.2, -0.15) is 0 Å². The number of carbonyl (C=O) groups is 1. The lowest BCUT2D eigenvalue weighted by Gasteiger charge is -2.33. The smallest absolute Gasteiger partial charge is 0.226 e. The average Bonchev–Trinajstić information content (AvgIpc) is 3.11. The fourth-order valence-electron chi connectivity index (χ4n) is 4.13. The van der Waals surface area contributed by atoms with E-state index >= 15 is 0 Å². The first kappa shape index (κ1) is 18.8.